The van der Waals surface area contributed by atoms with Crippen LogP contribution in [0.2, 0.25) is 5.02 Å². The Bertz CT molecular complexity index is 300. The van der Waals surface area contributed by atoms with Crippen LogP contribution in [0.4, 0.5) is 4.39 Å². The fourth-order valence-electron chi connectivity index (χ4n) is 1.26. The average molecular weight is 231 g/mol. The van der Waals surface area contributed by atoms with Crippen LogP contribution in [0.15, 0.2) is 18.2 Å². The molecule has 0 N–H and O–H groups in total. The molecule has 0 aliphatic carbocycles. The lowest BCUT2D eigenvalue weighted by Gasteiger charge is -2.18. The lowest BCUT2D eigenvalue weighted by atomic mass is 9.88. The van der Waals surface area contributed by atoms with E-state index in [1.54, 1.807) is 6.07 Å². The minimum absolute atomic E-state index is 0.181. The van der Waals surface area contributed by atoms with Gasteiger partial charge >= 0.3 is 0 Å². The van der Waals surface area contributed by atoms with Gasteiger partial charge in [-0.3, -0.25) is 0 Å². The summed E-state index contributed by atoms with van der Waals surface area (Å²) in [6.07, 6.45) is 0.862. The van der Waals surface area contributed by atoms with E-state index >= 15 is 0 Å². The molecule has 0 aromatic heterocycles. The highest BCUT2D eigenvalue weighted by molar-refractivity contribution is 6.30. The van der Waals surface area contributed by atoms with Crippen molar-refractivity contribution in [3.63, 3.8) is 0 Å². The second-order valence-electron chi connectivity index (χ2n) is 4.49. The summed E-state index contributed by atoms with van der Waals surface area (Å²) in [6.45, 7) is 10.4. The predicted octanol–water partition coefficient (Wildman–Crippen LogP) is 5.09. The molecular formula is C13H20ClF. The molecule has 86 valence electrons. The number of hydrogen-bond donors (Lipinski definition) is 0. The molecule has 1 aromatic carbocycles. The van der Waals surface area contributed by atoms with Crippen molar-refractivity contribution in [3.8, 4) is 0 Å². The molecule has 0 spiro atoms. The van der Waals surface area contributed by atoms with Gasteiger partial charge in [-0.1, -0.05) is 52.3 Å². The first kappa shape index (κ1) is 14.4. The number of benzene rings is 1. The van der Waals surface area contributed by atoms with Gasteiger partial charge in [0.1, 0.15) is 5.82 Å². The summed E-state index contributed by atoms with van der Waals surface area (Å²) in [4.78, 5) is 0. The Hall–Kier alpha value is -0.560. The summed E-state index contributed by atoms with van der Waals surface area (Å²) in [5.41, 5.74) is 1.18. The molecule has 0 saturated heterocycles. The lowest BCUT2D eigenvalue weighted by Crippen LogP contribution is -2.09. The van der Waals surface area contributed by atoms with Gasteiger partial charge in [0.15, 0.2) is 0 Å². The second-order valence-corrected chi connectivity index (χ2v) is 4.89. The third-order valence-corrected chi connectivity index (χ3v) is 2.02. The van der Waals surface area contributed by atoms with Crippen molar-refractivity contribution in [2.24, 2.45) is 5.41 Å². The van der Waals surface area contributed by atoms with E-state index in [1.165, 1.54) is 6.07 Å². The van der Waals surface area contributed by atoms with Crippen LogP contribution in [0, 0.1) is 11.2 Å². The molecule has 1 rings (SSSR count). The van der Waals surface area contributed by atoms with E-state index in [2.05, 4.69) is 20.8 Å². The Labute approximate surface area is 97.5 Å². The molecule has 0 aliphatic rings. The van der Waals surface area contributed by atoms with Gasteiger partial charge in [-0.2, -0.15) is 0 Å². The van der Waals surface area contributed by atoms with Crippen LogP contribution in [0.25, 0.3) is 0 Å². The smallest absolute Gasteiger partial charge is 0.142 e. The molecule has 0 aliphatic heterocycles. The highest BCUT2D eigenvalue weighted by Gasteiger charge is 2.12. The maximum absolute atomic E-state index is 13.0. The van der Waals surface area contributed by atoms with Crippen LogP contribution >= 0.6 is 11.6 Å². The van der Waals surface area contributed by atoms with Crippen LogP contribution in [-0.2, 0) is 6.42 Å². The lowest BCUT2D eigenvalue weighted by molar-refractivity contribution is 0.410. The minimum atomic E-state index is -0.330. The average Bonchev–Trinajstić information content (AvgIpc) is 2.12. The van der Waals surface area contributed by atoms with E-state index in [0.29, 0.717) is 0 Å². The van der Waals surface area contributed by atoms with E-state index in [0.717, 1.165) is 12.0 Å². The Kier molecular flexibility index (Phi) is 5.89. The topological polar surface area (TPSA) is 0 Å². The quantitative estimate of drug-likeness (QED) is 0.630. The summed E-state index contributed by atoms with van der Waals surface area (Å²) in [5.74, 6) is -0.330. The Balaban J connectivity index is 0.000000921. The van der Waals surface area contributed by atoms with E-state index in [-0.39, 0.29) is 16.3 Å². The van der Waals surface area contributed by atoms with Crippen molar-refractivity contribution in [2.45, 2.75) is 41.0 Å². The maximum Gasteiger partial charge on any atom is 0.142 e. The molecule has 0 unspecified atom stereocenters. The van der Waals surface area contributed by atoms with Gasteiger partial charge in [-0.15, -0.1) is 0 Å². The van der Waals surface area contributed by atoms with Crippen molar-refractivity contribution in [1.29, 1.82) is 0 Å². The molecule has 0 heterocycles. The molecule has 0 saturated carbocycles. The largest absolute Gasteiger partial charge is 0.205 e. The zero-order chi connectivity index (χ0) is 12.1. The van der Waals surface area contributed by atoms with Gasteiger partial charge in [-0.05, 0) is 29.5 Å². The van der Waals surface area contributed by atoms with Gasteiger partial charge in [0.2, 0.25) is 0 Å². The van der Waals surface area contributed by atoms with E-state index in [1.807, 2.05) is 19.9 Å². The van der Waals surface area contributed by atoms with Gasteiger partial charge in [0, 0.05) is 0 Å². The fraction of sp³-hybridized carbons (Fsp3) is 0.538. The van der Waals surface area contributed by atoms with Crippen LogP contribution in [-0.4, -0.2) is 0 Å². The molecule has 0 fully saturated rings. The standard InChI is InChI=1S/C11H14ClF.C2H6/c1-11(2,3)7-8-4-5-9(12)10(13)6-8;1-2/h4-6H,7H2,1-3H3;1-2H3. The van der Waals surface area contributed by atoms with E-state index < -0.39 is 0 Å². The molecule has 0 nitrogen and oxygen atoms in total. The normalized spacial score (nSPS) is 10.6. The van der Waals surface area contributed by atoms with Crippen molar-refractivity contribution in [2.75, 3.05) is 0 Å². The number of halogens is 2. The van der Waals surface area contributed by atoms with Crippen molar-refractivity contribution in [1.82, 2.24) is 0 Å². The first-order valence-corrected chi connectivity index (χ1v) is 5.70. The zero-order valence-corrected chi connectivity index (χ0v) is 11.0. The Morgan fingerprint density at radius 1 is 1.20 bits per heavy atom. The van der Waals surface area contributed by atoms with Crippen molar-refractivity contribution < 1.29 is 4.39 Å². The van der Waals surface area contributed by atoms with Crippen LogP contribution < -0.4 is 0 Å². The molecule has 0 atom stereocenters. The summed E-state index contributed by atoms with van der Waals surface area (Å²) >= 11 is 5.58. The summed E-state index contributed by atoms with van der Waals surface area (Å²) in [5, 5.41) is 0.192. The zero-order valence-electron chi connectivity index (χ0n) is 10.2. The molecule has 0 radical (unpaired) electrons. The molecule has 0 amide bonds. The van der Waals surface area contributed by atoms with Gasteiger partial charge < -0.3 is 0 Å². The molecule has 0 bridgehead atoms. The summed E-state index contributed by atoms with van der Waals surface area (Å²) in [6, 6.07) is 4.99. The number of rotatable bonds is 1. The monoisotopic (exact) mass is 230 g/mol. The van der Waals surface area contributed by atoms with Crippen molar-refractivity contribution in [3.05, 3.63) is 34.6 Å². The number of hydrogen-bond acceptors (Lipinski definition) is 0. The SMILES string of the molecule is CC.CC(C)(C)Cc1ccc(Cl)c(F)c1. The third kappa shape index (κ3) is 5.78. The van der Waals surface area contributed by atoms with Crippen LogP contribution in [0.5, 0.6) is 0 Å². The highest BCUT2D eigenvalue weighted by atomic mass is 35.5. The maximum atomic E-state index is 13.0. The Morgan fingerprint density at radius 2 is 1.73 bits per heavy atom. The fourth-order valence-corrected chi connectivity index (χ4v) is 1.38. The highest BCUT2D eigenvalue weighted by Crippen LogP contribution is 2.23. The summed E-state index contributed by atoms with van der Waals surface area (Å²) in [7, 11) is 0. The predicted molar refractivity (Wildman–Crippen MR) is 65.9 cm³/mol. The third-order valence-electron chi connectivity index (χ3n) is 1.72. The van der Waals surface area contributed by atoms with E-state index in [9.17, 15) is 4.39 Å². The van der Waals surface area contributed by atoms with Crippen LogP contribution in [0.1, 0.15) is 40.2 Å². The van der Waals surface area contributed by atoms with Crippen molar-refractivity contribution >= 4 is 11.6 Å². The van der Waals surface area contributed by atoms with E-state index in [4.69, 9.17) is 11.6 Å². The van der Waals surface area contributed by atoms with Crippen LogP contribution in [0.3, 0.4) is 0 Å². The molecule has 2 heteroatoms. The molecular weight excluding hydrogens is 211 g/mol. The van der Waals surface area contributed by atoms with Gasteiger partial charge in [-0.25, -0.2) is 4.39 Å². The van der Waals surface area contributed by atoms with Gasteiger partial charge in [0.05, 0.1) is 5.02 Å². The molecule has 15 heavy (non-hydrogen) atoms. The Morgan fingerprint density at radius 3 is 2.13 bits per heavy atom. The minimum Gasteiger partial charge on any atom is -0.205 e. The molecule has 1 aromatic rings. The first-order chi connectivity index (χ1) is 6.88. The van der Waals surface area contributed by atoms with Gasteiger partial charge in [0.25, 0.3) is 0 Å². The first-order valence-electron chi connectivity index (χ1n) is 5.32. The second kappa shape index (κ2) is 6.12. The summed E-state index contributed by atoms with van der Waals surface area (Å²) < 4.78 is 13.0.